The van der Waals surface area contributed by atoms with Crippen LogP contribution in [-0.4, -0.2) is 25.7 Å². The van der Waals surface area contributed by atoms with Gasteiger partial charge in [0.05, 0.1) is 23.5 Å². The first-order valence-corrected chi connectivity index (χ1v) is 5.84. The molecule has 18 heavy (non-hydrogen) atoms. The van der Waals surface area contributed by atoms with Crippen molar-refractivity contribution < 1.29 is 5.11 Å². The lowest BCUT2D eigenvalue weighted by atomic mass is 10.2. The molecule has 2 heterocycles. The second-order valence-corrected chi connectivity index (χ2v) is 4.46. The van der Waals surface area contributed by atoms with Gasteiger partial charge in [0, 0.05) is 11.9 Å². The van der Waals surface area contributed by atoms with E-state index in [9.17, 15) is 5.11 Å². The fourth-order valence-electron chi connectivity index (χ4n) is 2.23. The van der Waals surface area contributed by atoms with E-state index in [1.54, 1.807) is 13.3 Å². The molecule has 0 aliphatic rings. The van der Waals surface area contributed by atoms with Gasteiger partial charge in [-0.15, -0.1) is 0 Å². The number of hydrogen-bond acceptors (Lipinski definition) is 4. The lowest BCUT2D eigenvalue weighted by Gasteiger charge is -2.09. The number of benzene rings is 1. The van der Waals surface area contributed by atoms with Gasteiger partial charge in [-0.05, 0) is 13.0 Å². The third-order valence-corrected chi connectivity index (χ3v) is 2.94. The maximum Gasteiger partial charge on any atom is 0.152 e. The quantitative estimate of drug-likeness (QED) is 0.714. The number of rotatable bonds is 2. The van der Waals surface area contributed by atoms with Crippen molar-refractivity contribution in [1.82, 2.24) is 14.5 Å². The average molecular weight is 242 g/mol. The van der Waals surface area contributed by atoms with Crippen LogP contribution in [0.3, 0.4) is 0 Å². The number of anilines is 1. The summed E-state index contributed by atoms with van der Waals surface area (Å²) in [4.78, 5) is 8.62. The zero-order valence-electron chi connectivity index (χ0n) is 10.0. The minimum absolute atomic E-state index is 0.424. The lowest BCUT2D eigenvalue weighted by molar-refractivity contribution is 0.175. The molecule has 1 atom stereocenters. The van der Waals surface area contributed by atoms with Crippen molar-refractivity contribution in [1.29, 1.82) is 0 Å². The largest absolute Gasteiger partial charge is 0.392 e. The van der Waals surface area contributed by atoms with Crippen molar-refractivity contribution in [2.75, 3.05) is 5.73 Å². The summed E-state index contributed by atoms with van der Waals surface area (Å²) in [5.41, 5.74) is 8.38. The molecule has 0 aliphatic heterocycles. The van der Waals surface area contributed by atoms with Gasteiger partial charge in [0.15, 0.2) is 5.82 Å². The van der Waals surface area contributed by atoms with Crippen molar-refractivity contribution in [3.63, 3.8) is 0 Å². The number of hydrogen-bond donors (Lipinski definition) is 2. The van der Waals surface area contributed by atoms with Crippen LogP contribution in [0.5, 0.6) is 0 Å². The molecule has 0 radical (unpaired) electrons. The first kappa shape index (κ1) is 11.0. The van der Waals surface area contributed by atoms with E-state index in [2.05, 4.69) is 9.97 Å². The average Bonchev–Trinajstić information content (AvgIpc) is 2.73. The minimum Gasteiger partial charge on any atom is -0.392 e. The summed E-state index contributed by atoms with van der Waals surface area (Å²) < 4.78 is 1.92. The number of nitrogens with two attached hydrogens (primary N) is 1. The van der Waals surface area contributed by atoms with Gasteiger partial charge in [-0.25, -0.2) is 9.97 Å². The molecular weight excluding hydrogens is 228 g/mol. The predicted molar refractivity (Wildman–Crippen MR) is 71.1 cm³/mol. The highest BCUT2D eigenvalue weighted by molar-refractivity contribution is 6.06. The number of aliphatic hydroxyl groups is 1. The Bertz CT molecular complexity index is 717. The number of fused-ring (bicyclic) bond motifs is 3. The van der Waals surface area contributed by atoms with Crippen LogP contribution in [0, 0.1) is 0 Å². The fraction of sp³-hybridized carbons (Fsp3) is 0.231. The molecule has 3 N–H and O–H groups in total. The molecule has 0 saturated heterocycles. The van der Waals surface area contributed by atoms with E-state index in [0.29, 0.717) is 17.9 Å². The topological polar surface area (TPSA) is 77.0 Å². The van der Waals surface area contributed by atoms with Gasteiger partial charge < -0.3 is 15.4 Å². The number of nitrogens with zero attached hydrogens (tertiary/aromatic N) is 3. The molecule has 92 valence electrons. The van der Waals surface area contributed by atoms with Crippen molar-refractivity contribution in [2.45, 2.75) is 19.6 Å². The molecule has 5 nitrogen and oxygen atoms in total. The summed E-state index contributed by atoms with van der Waals surface area (Å²) in [6.07, 6.45) is 1.26. The summed E-state index contributed by atoms with van der Waals surface area (Å²) >= 11 is 0. The molecule has 0 spiro atoms. The third kappa shape index (κ3) is 1.60. The number of imidazole rings is 1. The van der Waals surface area contributed by atoms with Crippen LogP contribution in [0.15, 0.2) is 30.6 Å². The summed E-state index contributed by atoms with van der Waals surface area (Å²) in [5.74, 6) is 0.424. The van der Waals surface area contributed by atoms with Crippen molar-refractivity contribution >= 4 is 27.8 Å². The van der Waals surface area contributed by atoms with Gasteiger partial charge in [0.1, 0.15) is 5.52 Å². The Hall–Kier alpha value is -2.14. The molecule has 2 aromatic heterocycles. The van der Waals surface area contributed by atoms with Gasteiger partial charge in [0.2, 0.25) is 0 Å². The zero-order chi connectivity index (χ0) is 12.7. The number of aromatic nitrogens is 3. The highest BCUT2D eigenvalue weighted by Crippen LogP contribution is 2.26. The van der Waals surface area contributed by atoms with Gasteiger partial charge in [-0.3, -0.25) is 0 Å². The van der Waals surface area contributed by atoms with E-state index in [-0.39, 0.29) is 0 Å². The van der Waals surface area contributed by atoms with E-state index >= 15 is 0 Å². The Balaban J connectivity index is 2.40. The maximum atomic E-state index is 9.53. The Morgan fingerprint density at radius 2 is 2.17 bits per heavy atom. The molecule has 0 amide bonds. The van der Waals surface area contributed by atoms with Gasteiger partial charge in [0.25, 0.3) is 0 Å². The molecule has 3 aromatic rings. The van der Waals surface area contributed by atoms with E-state index in [4.69, 9.17) is 5.73 Å². The molecule has 0 saturated carbocycles. The van der Waals surface area contributed by atoms with Crippen LogP contribution in [0.1, 0.15) is 6.92 Å². The molecule has 0 aliphatic carbocycles. The molecule has 0 bridgehead atoms. The molecule has 0 fully saturated rings. The Labute approximate surface area is 104 Å². The first-order chi connectivity index (χ1) is 8.66. The molecular formula is C13H14N4O. The lowest BCUT2D eigenvalue weighted by Crippen LogP contribution is -2.10. The summed E-state index contributed by atoms with van der Waals surface area (Å²) in [6.45, 7) is 2.24. The Kier molecular flexibility index (Phi) is 2.41. The van der Waals surface area contributed by atoms with Gasteiger partial charge in [-0.2, -0.15) is 0 Å². The van der Waals surface area contributed by atoms with Crippen LogP contribution < -0.4 is 5.73 Å². The van der Waals surface area contributed by atoms with Gasteiger partial charge in [-0.1, -0.05) is 18.2 Å². The second kappa shape index (κ2) is 3.96. The van der Waals surface area contributed by atoms with Gasteiger partial charge >= 0.3 is 0 Å². The highest BCUT2D eigenvalue weighted by atomic mass is 16.3. The second-order valence-electron chi connectivity index (χ2n) is 4.46. The Morgan fingerprint density at radius 1 is 1.39 bits per heavy atom. The zero-order valence-corrected chi connectivity index (χ0v) is 10.0. The van der Waals surface area contributed by atoms with E-state index in [1.165, 1.54) is 0 Å². The van der Waals surface area contributed by atoms with E-state index in [0.717, 1.165) is 16.4 Å². The first-order valence-electron chi connectivity index (χ1n) is 5.84. The van der Waals surface area contributed by atoms with Crippen LogP contribution in [0.25, 0.3) is 21.9 Å². The molecule has 3 rings (SSSR count). The number of aliphatic hydroxyl groups excluding tert-OH is 1. The standard InChI is InChI=1S/C13H14N4O/c1-8(18)6-17-7-15-11-12(17)9-4-2-3-5-10(9)16-13(11)14/h2-5,7-8,18H,6H2,1H3,(H2,14,16). The van der Waals surface area contributed by atoms with E-state index in [1.807, 2.05) is 28.8 Å². The number of nitrogen functional groups attached to an aromatic ring is 1. The van der Waals surface area contributed by atoms with Crippen molar-refractivity contribution in [3.05, 3.63) is 30.6 Å². The predicted octanol–water partition coefficient (Wildman–Crippen LogP) is 1.55. The highest BCUT2D eigenvalue weighted by Gasteiger charge is 2.12. The molecule has 1 unspecified atom stereocenters. The van der Waals surface area contributed by atoms with Crippen molar-refractivity contribution in [3.8, 4) is 0 Å². The fourth-order valence-corrected chi connectivity index (χ4v) is 2.23. The number of para-hydroxylation sites is 1. The number of pyridine rings is 1. The summed E-state index contributed by atoms with van der Waals surface area (Å²) in [7, 11) is 0. The summed E-state index contributed by atoms with van der Waals surface area (Å²) in [5, 5.41) is 10.5. The smallest absolute Gasteiger partial charge is 0.152 e. The van der Waals surface area contributed by atoms with Crippen LogP contribution in [0.2, 0.25) is 0 Å². The van der Waals surface area contributed by atoms with Crippen LogP contribution in [-0.2, 0) is 6.54 Å². The monoisotopic (exact) mass is 242 g/mol. The normalized spacial score (nSPS) is 13.2. The molecule has 1 aromatic carbocycles. The third-order valence-electron chi connectivity index (χ3n) is 2.94. The summed E-state index contributed by atoms with van der Waals surface area (Å²) in [6, 6.07) is 7.80. The Morgan fingerprint density at radius 3 is 2.94 bits per heavy atom. The van der Waals surface area contributed by atoms with Crippen LogP contribution >= 0.6 is 0 Å². The maximum absolute atomic E-state index is 9.53. The minimum atomic E-state index is -0.435. The van der Waals surface area contributed by atoms with Crippen LogP contribution in [0.4, 0.5) is 5.82 Å². The van der Waals surface area contributed by atoms with E-state index < -0.39 is 6.10 Å². The molecule has 5 heteroatoms. The van der Waals surface area contributed by atoms with Crippen molar-refractivity contribution in [2.24, 2.45) is 0 Å². The SMILES string of the molecule is CC(O)Cn1cnc2c(N)nc3ccccc3c21.